The molecule has 0 saturated heterocycles. The highest BCUT2D eigenvalue weighted by molar-refractivity contribution is 7.89. The number of rotatable bonds is 6. The van der Waals surface area contributed by atoms with Gasteiger partial charge in [0.15, 0.2) is 0 Å². The molecule has 12 heteroatoms. The Morgan fingerprint density at radius 2 is 1.97 bits per heavy atom. The number of carbonyl (C=O) groups is 2. The number of hydrogen-bond acceptors (Lipinski definition) is 8. The smallest absolute Gasteiger partial charge is 0.314 e. The molecule has 1 saturated carbocycles. The number of aromatic nitrogens is 4. The van der Waals surface area contributed by atoms with Gasteiger partial charge in [0.05, 0.1) is 11.9 Å². The van der Waals surface area contributed by atoms with Crippen LogP contribution in [0.15, 0.2) is 55.2 Å². The molecule has 3 aromatic heterocycles. The van der Waals surface area contributed by atoms with E-state index in [2.05, 4.69) is 25.7 Å². The van der Waals surface area contributed by atoms with Crippen molar-refractivity contribution in [2.45, 2.75) is 32.2 Å². The number of anilines is 2. The minimum Gasteiger partial charge on any atom is -0.398 e. The summed E-state index contributed by atoms with van der Waals surface area (Å²) in [5.41, 5.74) is 10.3. The van der Waals surface area contributed by atoms with Crippen LogP contribution in [0.5, 0.6) is 0 Å². The Balaban J connectivity index is 1.26. The standard InChI is InChI=1S/C25H25N7O4S/c1-3-37(35,36)32-13-17(10-29-32)18-9-22(18)30-24(33)25(34)31-23-8-16-6-15(7-21(26)20(16)12-28-23)19-11-27-5-4-14(19)2/h4-8,10-13,18,22H,3,9,26H2,1-2H3,(H,30,33)(H,28,31,34)/t18-,22?/m1/s1. The van der Waals surface area contributed by atoms with Gasteiger partial charge in [-0.15, -0.1) is 0 Å². The van der Waals surface area contributed by atoms with Crippen molar-refractivity contribution < 1.29 is 18.0 Å². The number of aryl methyl sites for hydroxylation is 1. The molecule has 0 aliphatic heterocycles. The second kappa shape index (κ2) is 9.28. The maximum absolute atomic E-state index is 12.5. The summed E-state index contributed by atoms with van der Waals surface area (Å²) in [4.78, 5) is 33.4. The molecule has 2 amide bonds. The number of pyridine rings is 2. The monoisotopic (exact) mass is 519 g/mol. The van der Waals surface area contributed by atoms with Crippen LogP contribution in [0, 0.1) is 6.92 Å². The van der Waals surface area contributed by atoms with Crippen molar-refractivity contribution in [1.29, 1.82) is 0 Å². The molecule has 0 bridgehead atoms. The zero-order valence-corrected chi connectivity index (χ0v) is 21.0. The quantitative estimate of drug-likeness (QED) is 0.258. The molecule has 11 nitrogen and oxygen atoms in total. The van der Waals surface area contributed by atoms with E-state index in [0.717, 1.165) is 31.5 Å². The number of nitrogens with two attached hydrogens (primary N) is 1. The van der Waals surface area contributed by atoms with Crippen LogP contribution in [0.25, 0.3) is 21.9 Å². The van der Waals surface area contributed by atoms with Crippen molar-refractivity contribution in [3.05, 3.63) is 66.4 Å². The molecule has 0 radical (unpaired) electrons. The van der Waals surface area contributed by atoms with Crippen molar-refractivity contribution in [2.75, 3.05) is 16.8 Å². The normalized spacial score (nSPS) is 16.9. The minimum atomic E-state index is -3.47. The lowest BCUT2D eigenvalue weighted by Gasteiger charge is -2.11. The Kier molecular flexibility index (Phi) is 6.12. The second-order valence-electron chi connectivity index (χ2n) is 8.97. The molecular weight excluding hydrogens is 494 g/mol. The van der Waals surface area contributed by atoms with Crippen LogP contribution in [0.4, 0.5) is 11.5 Å². The number of nitrogens with zero attached hydrogens (tertiary/aromatic N) is 4. The summed E-state index contributed by atoms with van der Waals surface area (Å²) < 4.78 is 24.8. The number of carbonyl (C=O) groups excluding carboxylic acids is 2. The Morgan fingerprint density at radius 3 is 2.73 bits per heavy atom. The molecule has 5 rings (SSSR count). The van der Waals surface area contributed by atoms with E-state index in [1.165, 1.54) is 19.3 Å². The van der Waals surface area contributed by atoms with Gasteiger partial charge in [0.1, 0.15) is 5.82 Å². The highest BCUT2D eigenvalue weighted by atomic mass is 32.2. The fraction of sp³-hybridized carbons (Fsp3) is 0.240. The van der Waals surface area contributed by atoms with E-state index in [4.69, 9.17) is 5.73 Å². The largest absolute Gasteiger partial charge is 0.398 e. The zero-order valence-electron chi connectivity index (χ0n) is 20.2. The third-order valence-corrected chi connectivity index (χ3v) is 7.93. The summed E-state index contributed by atoms with van der Waals surface area (Å²) in [5, 5.41) is 10.6. The Hall–Kier alpha value is -4.32. The fourth-order valence-electron chi connectivity index (χ4n) is 4.20. The summed E-state index contributed by atoms with van der Waals surface area (Å²) in [6.07, 6.45) is 8.54. The Morgan fingerprint density at radius 1 is 1.16 bits per heavy atom. The molecule has 1 fully saturated rings. The van der Waals surface area contributed by atoms with Gasteiger partial charge in [-0.05, 0) is 66.6 Å². The average Bonchev–Trinajstić information content (AvgIpc) is 3.44. The Bertz CT molecular complexity index is 1650. The lowest BCUT2D eigenvalue weighted by atomic mass is 9.99. The molecule has 190 valence electrons. The first kappa shape index (κ1) is 24.4. The van der Waals surface area contributed by atoms with Crippen LogP contribution < -0.4 is 16.4 Å². The molecule has 37 heavy (non-hydrogen) atoms. The summed E-state index contributed by atoms with van der Waals surface area (Å²) >= 11 is 0. The molecule has 1 aromatic carbocycles. The summed E-state index contributed by atoms with van der Waals surface area (Å²) in [5.74, 6) is -1.62. The highest BCUT2D eigenvalue weighted by Crippen LogP contribution is 2.40. The Labute approximate surface area is 213 Å². The van der Waals surface area contributed by atoms with E-state index in [9.17, 15) is 18.0 Å². The first-order valence-corrected chi connectivity index (χ1v) is 13.3. The number of nitrogen functional groups attached to an aromatic ring is 1. The molecule has 4 N–H and O–H groups in total. The topological polar surface area (TPSA) is 162 Å². The van der Waals surface area contributed by atoms with Gasteiger partial charge in [-0.25, -0.2) is 13.4 Å². The number of hydrogen-bond donors (Lipinski definition) is 3. The van der Waals surface area contributed by atoms with E-state index in [1.807, 2.05) is 25.1 Å². The lowest BCUT2D eigenvalue weighted by Crippen LogP contribution is -2.37. The minimum absolute atomic E-state index is 0.0705. The van der Waals surface area contributed by atoms with E-state index in [0.29, 0.717) is 17.7 Å². The first-order valence-electron chi connectivity index (χ1n) is 11.7. The van der Waals surface area contributed by atoms with Crippen molar-refractivity contribution in [2.24, 2.45) is 0 Å². The van der Waals surface area contributed by atoms with Crippen LogP contribution >= 0.6 is 0 Å². The van der Waals surface area contributed by atoms with Crippen molar-refractivity contribution in [1.82, 2.24) is 24.5 Å². The van der Waals surface area contributed by atoms with Crippen molar-refractivity contribution in [3.8, 4) is 11.1 Å². The van der Waals surface area contributed by atoms with Gasteiger partial charge in [0, 0.05) is 53.4 Å². The fourth-order valence-corrected chi connectivity index (χ4v) is 4.94. The van der Waals surface area contributed by atoms with Gasteiger partial charge in [-0.2, -0.15) is 9.19 Å². The third kappa shape index (κ3) is 4.87. The molecular formula is C25H25N7O4S. The molecule has 3 heterocycles. The molecule has 1 aliphatic rings. The predicted octanol–water partition coefficient (Wildman–Crippen LogP) is 2.19. The maximum atomic E-state index is 12.5. The van der Waals surface area contributed by atoms with Gasteiger partial charge in [0.2, 0.25) is 0 Å². The zero-order chi connectivity index (χ0) is 26.3. The van der Waals surface area contributed by atoms with Crippen LogP contribution in [0.1, 0.15) is 30.4 Å². The lowest BCUT2D eigenvalue weighted by molar-refractivity contribution is -0.136. The summed E-state index contributed by atoms with van der Waals surface area (Å²) in [7, 11) is -3.47. The maximum Gasteiger partial charge on any atom is 0.314 e. The SMILES string of the molecule is CCS(=O)(=O)n1cc([C@H]2CC2NC(=O)C(=O)Nc2cc3cc(-c4cnccc4C)cc(N)c3cn2)cn1. The first-order chi connectivity index (χ1) is 17.7. The second-order valence-corrected chi connectivity index (χ2v) is 11.1. The average molecular weight is 520 g/mol. The van der Waals surface area contributed by atoms with Crippen LogP contribution in [0.3, 0.4) is 0 Å². The van der Waals surface area contributed by atoms with Crippen LogP contribution in [-0.4, -0.2) is 51.2 Å². The van der Waals surface area contributed by atoms with Crippen molar-refractivity contribution >= 4 is 44.1 Å². The molecule has 1 unspecified atom stereocenters. The van der Waals surface area contributed by atoms with Gasteiger partial charge >= 0.3 is 11.8 Å². The number of amides is 2. The molecule has 0 spiro atoms. The van der Waals surface area contributed by atoms with Crippen LogP contribution in [0.2, 0.25) is 0 Å². The molecule has 1 aliphatic carbocycles. The summed E-state index contributed by atoms with van der Waals surface area (Å²) in [6, 6.07) is 7.08. The van der Waals surface area contributed by atoms with Crippen molar-refractivity contribution in [3.63, 3.8) is 0 Å². The number of nitrogens with one attached hydrogen (secondary N) is 2. The van der Waals surface area contributed by atoms with E-state index in [1.54, 1.807) is 24.7 Å². The predicted molar refractivity (Wildman–Crippen MR) is 139 cm³/mol. The third-order valence-electron chi connectivity index (χ3n) is 6.43. The van der Waals surface area contributed by atoms with Gasteiger partial charge in [-0.3, -0.25) is 14.6 Å². The van der Waals surface area contributed by atoms with Gasteiger partial charge < -0.3 is 16.4 Å². The van der Waals surface area contributed by atoms with Gasteiger partial charge in [0.25, 0.3) is 10.0 Å². The summed E-state index contributed by atoms with van der Waals surface area (Å²) in [6.45, 7) is 3.52. The van der Waals surface area contributed by atoms with E-state index >= 15 is 0 Å². The number of benzene rings is 1. The van der Waals surface area contributed by atoms with E-state index in [-0.39, 0.29) is 23.5 Å². The van der Waals surface area contributed by atoms with Gasteiger partial charge in [-0.1, -0.05) is 0 Å². The highest BCUT2D eigenvalue weighted by Gasteiger charge is 2.41. The molecule has 4 aromatic rings. The van der Waals surface area contributed by atoms with E-state index < -0.39 is 21.8 Å². The molecule has 2 atom stereocenters. The number of fused-ring (bicyclic) bond motifs is 1. The van der Waals surface area contributed by atoms with Crippen LogP contribution in [-0.2, 0) is 19.6 Å².